The number of ether oxygens (including phenoxy) is 3. The highest BCUT2D eigenvalue weighted by Crippen LogP contribution is 2.08. The lowest BCUT2D eigenvalue weighted by atomic mass is 10.3. The van der Waals surface area contributed by atoms with Crippen LogP contribution in [0, 0.1) is 0 Å². The minimum atomic E-state index is -0.370. The summed E-state index contributed by atoms with van der Waals surface area (Å²) in [6.45, 7) is 4.55. The molecule has 0 aliphatic carbocycles. The first-order valence-electron chi connectivity index (χ1n) is 5.78. The van der Waals surface area contributed by atoms with Crippen molar-refractivity contribution >= 4 is 5.97 Å². The molecule has 1 aliphatic rings. The SMILES string of the molecule is CCCNC(COC1CCOC1)C(=O)OC. The molecule has 0 spiro atoms. The smallest absolute Gasteiger partial charge is 0.325 e. The van der Waals surface area contributed by atoms with Gasteiger partial charge in [0, 0.05) is 6.61 Å². The number of hydrogen-bond donors (Lipinski definition) is 1. The molecule has 0 bridgehead atoms. The van der Waals surface area contributed by atoms with Crippen molar-refractivity contribution in [3.05, 3.63) is 0 Å². The maximum Gasteiger partial charge on any atom is 0.325 e. The van der Waals surface area contributed by atoms with Crippen LogP contribution >= 0.6 is 0 Å². The van der Waals surface area contributed by atoms with E-state index >= 15 is 0 Å². The summed E-state index contributed by atoms with van der Waals surface area (Å²) in [4.78, 5) is 11.4. The predicted molar refractivity (Wildman–Crippen MR) is 59.3 cm³/mol. The molecule has 1 heterocycles. The summed E-state index contributed by atoms with van der Waals surface area (Å²) < 4.78 is 15.5. The van der Waals surface area contributed by atoms with Crippen LogP contribution in [0.2, 0.25) is 0 Å². The van der Waals surface area contributed by atoms with Gasteiger partial charge in [-0.15, -0.1) is 0 Å². The molecule has 16 heavy (non-hydrogen) atoms. The fourth-order valence-electron chi connectivity index (χ4n) is 1.55. The van der Waals surface area contributed by atoms with Gasteiger partial charge in [0.15, 0.2) is 0 Å². The Kier molecular flexibility index (Phi) is 6.37. The van der Waals surface area contributed by atoms with E-state index in [0.29, 0.717) is 13.2 Å². The van der Waals surface area contributed by atoms with Gasteiger partial charge in [-0.1, -0.05) is 6.92 Å². The Morgan fingerprint density at radius 1 is 1.62 bits per heavy atom. The molecule has 2 unspecified atom stereocenters. The van der Waals surface area contributed by atoms with Gasteiger partial charge in [-0.25, -0.2) is 0 Å². The largest absolute Gasteiger partial charge is 0.468 e. The summed E-state index contributed by atoms with van der Waals surface area (Å²) >= 11 is 0. The molecule has 1 rings (SSSR count). The van der Waals surface area contributed by atoms with E-state index in [0.717, 1.165) is 26.0 Å². The lowest BCUT2D eigenvalue weighted by Gasteiger charge is -2.18. The standard InChI is InChI=1S/C11H21NO4/c1-3-5-12-10(11(13)14-2)8-16-9-4-6-15-7-9/h9-10,12H,3-8H2,1-2H3. The molecule has 0 amide bonds. The minimum Gasteiger partial charge on any atom is -0.468 e. The third-order valence-electron chi connectivity index (χ3n) is 2.51. The third kappa shape index (κ3) is 4.47. The van der Waals surface area contributed by atoms with Gasteiger partial charge in [-0.2, -0.15) is 0 Å². The summed E-state index contributed by atoms with van der Waals surface area (Å²) in [5.74, 6) is -0.271. The number of esters is 1. The number of hydrogen-bond acceptors (Lipinski definition) is 5. The lowest BCUT2D eigenvalue weighted by Crippen LogP contribution is -2.42. The van der Waals surface area contributed by atoms with Crippen LogP contribution in [0.5, 0.6) is 0 Å². The van der Waals surface area contributed by atoms with Crippen molar-refractivity contribution in [3.63, 3.8) is 0 Å². The molecule has 0 saturated carbocycles. The van der Waals surface area contributed by atoms with Gasteiger partial charge < -0.3 is 19.5 Å². The fourth-order valence-corrected chi connectivity index (χ4v) is 1.55. The Balaban J connectivity index is 2.27. The fraction of sp³-hybridized carbons (Fsp3) is 0.909. The van der Waals surface area contributed by atoms with Crippen molar-refractivity contribution in [1.29, 1.82) is 0 Å². The van der Waals surface area contributed by atoms with E-state index in [2.05, 4.69) is 5.32 Å². The Morgan fingerprint density at radius 2 is 2.44 bits per heavy atom. The summed E-state index contributed by atoms with van der Waals surface area (Å²) in [5.41, 5.74) is 0. The van der Waals surface area contributed by atoms with E-state index < -0.39 is 0 Å². The van der Waals surface area contributed by atoms with Gasteiger partial charge in [0.25, 0.3) is 0 Å². The second-order valence-corrected chi connectivity index (χ2v) is 3.85. The van der Waals surface area contributed by atoms with Crippen molar-refractivity contribution in [2.24, 2.45) is 0 Å². The first-order chi connectivity index (χ1) is 7.77. The van der Waals surface area contributed by atoms with Crippen LogP contribution in [-0.4, -0.2) is 51.6 Å². The zero-order chi connectivity index (χ0) is 11.8. The highest BCUT2D eigenvalue weighted by molar-refractivity contribution is 5.75. The van der Waals surface area contributed by atoms with Gasteiger partial charge >= 0.3 is 5.97 Å². The normalized spacial score (nSPS) is 22.0. The van der Waals surface area contributed by atoms with Crippen LogP contribution in [0.15, 0.2) is 0 Å². The molecular weight excluding hydrogens is 210 g/mol. The summed E-state index contributed by atoms with van der Waals surface area (Å²) in [6, 6.07) is -0.370. The highest BCUT2D eigenvalue weighted by atomic mass is 16.6. The van der Waals surface area contributed by atoms with Crippen LogP contribution in [0.4, 0.5) is 0 Å². The number of nitrogens with one attached hydrogen (secondary N) is 1. The van der Waals surface area contributed by atoms with Crippen LogP contribution in [0.25, 0.3) is 0 Å². The van der Waals surface area contributed by atoms with Crippen molar-refractivity contribution < 1.29 is 19.0 Å². The maximum atomic E-state index is 11.4. The minimum absolute atomic E-state index is 0.121. The Hall–Kier alpha value is -0.650. The molecule has 1 fully saturated rings. The van der Waals surface area contributed by atoms with Crippen LogP contribution in [-0.2, 0) is 19.0 Å². The lowest BCUT2D eigenvalue weighted by molar-refractivity contribution is -0.145. The Labute approximate surface area is 96.4 Å². The number of carbonyl (C=O) groups is 1. The summed E-state index contributed by atoms with van der Waals surface area (Å²) in [7, 11) is 1.39. The van der Waals surface area contributed by atoms with Crippen molar-refractivity contribution in [3.8, 4) is 0 Å². The third-order valence-corrected chi connectivity index (χ3v) is 2.51. The maximum absolute atomic E-state index is 11.4. The van der Waals surface area contributed by atoms with Gasteiger partial charge in [-0.05, 0) is 19.4 Å². The van der Waals surface area contributed by atoms with Gasteiger partial charge in [-0.3, -0.25) is 4.79 Å². The molecule has 2 atom stereocenters. The predicted octanol–water partition coefficient (Wildman–Crippen LogP) is 0.333. The van der Waals surface area contributed by atoms with E-state index in [9.17, 15) is 4.79 Å². The molecule has 5 heteroatoms. The molecule has 1 saturated heterocycles. The van der Waals surface area contributed by atoms with Crippen LogP contribution < -0.4 is 5.32 Å². The second-order valence-electron chi connectivity index (χ2n) is 3.85. The van der Waals surface area contributed by atoms with E-state index in [-0.39, 0.29) is 18.1 Å². The molecule has 0 aromatic rings. The Morgan fingerprint density at radius 3 is 3.00 bits per heavy atom. The second kappa shape index (κ2) is 7.60. The van der Waals surface area contributed by atoms with Crippen LogP contribution in [0.3, 0.4) is 0 Å². The molecule has 0 radical (unpaired) electrons. The molecule has 0 aromatic heterocycles. The average Bonchev–Trinajstić information content (AvgIpc) is 2.81. The molecule has 94 valence electrons. The quantitative estimate of drug-likeness (QED) is 0.640. The number of carbonyl (C=O) groups excluding carboxylic acids is 1. The number of methoxy groups -OCH3 is 1. The van der Waals surface area contributed by atoms with E-state index in [1.807, 2.05) is 6.92 Å². The first-order valence-corrected chi connectivity index (χ1v) is 5.78. The van der Waals surface area contributed by atoms with Gasteiger partial charge in [0.2, 0.25) is 0 Å². The zero-order valence-electron chi connectivity index (χ0n) is 10.0. The number of rotatable bonds is 7. The van der Waals surface area contributed by atoms with Crippen molar-refractivity contribution in [2.45, 2.75) is 31.9 Å². The van der Waals surface area contributed by atoms with Crippen molar-refractivity contribution in [2.75, 3.05) is 33.5 Å². The topological polar surface area (TPSA) is 56.8 Å². The molecule has 5 nitrogen and oxygen atoms in total. The summed E-state index contributed by atoms with van der Waals surface area (Å²) in [6.07, 6.45) is 2.00. The molecular formula is C11H21NO4. The van der Waals surface area contributed by atoms with Crippen LogP contribution in [0.1, 0.15) is 19.8 Å². The first kappa shape index (κ1) is 13.4. The summed E-state index contributed by atoms with van der Waals surface area (Å²) in [5, 5.41) is 3.10. The zero-order valence-corrected chi connectivity index (χ0v) is 10.0. The Bertz CT molecular complexity index is 204. The van der Waals surface area contributed by atoms with Crippen molar-refractivity contribution in [1.82, 2.24) is 5.32 Å². The van der Waals surface area contributed by atoms with Gasteiger partial charge in [0.1, 0.15) is 6.04 Å². The molecule has 0 aromatic carbocycles. The monoisotopic (exact) mass is 231 g/mol. The average molecular weight is 231 g/mol. The molecule has 1 aliphatic heterocycles. The highest BCUT2D eigenvalue weighted by Gasteiger charge is 2.22. The van der Waals surface area contributed by atoms with E-state index in [4.69, 9.17) is 14.2 Å². The van der Waals surface area contributed by atoms with Gasteiger partial charge in [0.05, 0.1) is 26.4 Å². The van der Waals surface area contributed by atoms with E-state index in [1.165, 1.54) is 7.11 Å². The molecule has 1 N–H and O–H groups in total. The van der Waals surface area contributed by atoms with E-state index in [1.54, 1.807) is 0 Å².